The quantitative estimate of drug-likeness (QED) is 0.733. The van der Waals surface area contributed by atoms with Crippen LogP contribution in [0, 0.1) is 5.92 Å². The highest BCUT2D eigenvalue weighted by Gasteiger charge is 2.36. The Balaban J connectivity index is 1.37. The van der Waals surface area contributed by atoms with Crippen LogP contribution in [0.15, 0.2) is 29.2 Å². The fourth-order valence-electron chi connectivity index (χ4n) is 5.58. The first kappa shape index (κ1) is 18.9. The number of ether oxygens (including phenoxy) is 1. The highest BCUT2D eigenvalue weighted by molar-refractivity contribution is 5.95. The van der Waals surface area contributed by atoms with Gasteiger partial charge in [-0.05, 0) is 56.3 Å². The van der Waals surface area contributed by atoms with Crippen molar-refractivity contribution in [3.63, 3.8) is 0 Å². The summed E-state index contributed by atoms with van der Waals surface area (Å²) in [7, 11) is 0. The van der Waals surface area contributed by atoms with Gasteiger partial charge in [0.15, 0.2) is 0 Å². The molecule has 3 aliphatic rings. The highest BCUT2D eigenvalue weighted by Crippen LogP contribution is 2.48. The number of hydrogen-bond acceptors (Lipinski definition) is 4. The van der Waals surface area contributed by atoms with Crippen LogP contribution in [-0.4, -0.2) is 41.7 Å². The minimum absolute atomic E-state index is 0.187. The van der Waals surface area contributed by atoms with Crippen molar-refractivity contribution in [1.29, 1.82) is 0 Å². The Hall–Kier alpha value is -2.14. The smallest absolute Gasteiger partial charge is 0.343 e. The van der Waals surface area contributed by atoms with Gasteiger partial charge in [0.2, 0.25) is 5.43 Å². The largest absolute Gasteiger partial charge is 0.461 e. The molecule has 2 fully saturated rings. The van der Waals surface area contributed by atoms with Crippen LogP contribution in [0.4, 0.5) is 0 Å². The fourth-order valence-corrected chi connectivity index (χ4v) is 5.58. The summed E-state index contributed by atoms with van der Waals surface area (Å²) in [4.78, 5) is 28.2. The van der Waals surface area contributed by atoms with Crippen molar-refractivity contribution in [2.24, 2.45) is 5.92 Å². The molecule has 0 amide bonds. The summed E-state index contributed by atoms with van der Waals surface area (Å²) in [5.41, 5.74) is 2.32. The van der Waals surface area contributed by atoms with Crippen molar-refractivity contribution in [2.45, 2.75) is 57.4 Å². The van der Waals surface area contributed by atoms with Gasteiger partial charge < -0.3 is 9.30 Å². The van der Waals surface area contributed by atoms with E-state index in [-0.39, 0.29) is 11.0 Å². The third-order valence-corrected chi connectivity index (χ3v) is 7.31. The van der Waals surface area contributed by atoms with Crippen LogP contribution in [0.2, 0.25) is 0 Å². The Morgan fingerprint density at radius 3 is 2.76 bits per heavy atom. The van der Waals surface area contributed by atoms with Crippen LogP contribution in [0.25, 0.3) is 10.9 Å². The topological polar surface area (TPSA) is 51.5 Å². The molecule has 29 heavy (non-hydrogen) atoms. The van der Waals surface area contributed by atoms with E-state index in [0.717, 1.165) is 43.9 Å². The number of fused-ring (bicyclic) bond motifs is 3. The number of likely N-dealkylation sites (tertiary alicyclic amines) is 1. The highest BCUT2D eigenvalue weighted by atomic mass is 16.5. The van der Waals surface area contributed by atoms with E-state index >= 15 is 0 Å². The van der Waals surface area contributed by atoms with E-state index in [9.17, 15) is 9.59 Å². The van der Waals surface area contributed by atoms with Crippen molar-refractivity contribution in [3.05, 3.63) is 45.7 Å². The van der Waals surface area contributed by atoms with Gasteiger partial charge in [0, 0.05) is 30.1 Å². The number of piperidine rings is 1. The van der Waals surface area contributed by atoms with Crippen molar-refractivity contribution < 1.29 is 9.53 Å². The van der Waals surface area contributed by atoms with E-state index in [1.807, 2.05) is 12.1 Å². The van der Waals surface area contributed by atoms with Crippen LogP contribution in [0.3, 0.4) is 0 Å². The first-order chi connectivity index (χ1) is 14.1. The summed E-state index contributed by atoms with van der Waals surface area (Å²) >= 11 is 0. The minimum Gasteiger partial charge on any atom is -0.461 e. The number of rotatable bonds is 4. The molecular weight excluding hydrogens is 364 g/mol. The average molecular weight is 395 g/mol. The predicted molar refractivity (Wildman–Crippen MR) is 114 cm³/mol. The van der Waals surface area contributed by atoms with Gasteiger partial charge in [0.05, 0.1) is 5.52 Å². The molecule has 1 saturated heterocycles. The van der Waals surface area contributed by atoms with Crippen LogP contribution in [0.5, 0.6) is 0 Å². The van der Waals surface area contributed by atoms with Crippen molar-refractivity contribution in [3.8, 4) is 0 Å². The molecule has 1 aliphatic carbocycles. The molecule has 1 aromatic carbocycles. The normalized spacial score (nSPS) is 24.6. The summed E-state index contributed by atoms with van der Waals surface area (Å²) in [6.45, 7) is 5.50. The second-order valence-corrected chi connectivity index (χ2v) is 9.14. The summed E-state index contributed by atoms with van der Waals surface area (Å²) in [5.74, 6) is 0.781. The Bertz CT molecular complexity index is 988. The molecule has 5 nitrogen and oxygen atoms in total. The van der Waals surface area contributed by atoms with Crippen molar-refractivity contribution in [1.82, 2.24) is 9.47 Å². The first-order valence-corrected chi connectivity index (χ1v) is 11.2. The van der Waals surface area contributed by atoms with E-state index in [1.54, 1.807) is 6.20 Å². The summed E-state index contributed by atoms with van der Waals surface area (Å²) in [5, 5.41) is 0.663. The van der Waals surface area contributed by atoms with Gasteiger partial charge in [0.1, 0.15) is 12.2 Å². The molecule has 154 valence electrons. The number of carbonyl (C=O) groups is 1. The second-order valence-electron chi connectivity index (χ2n) is 9.14. The number of benzene rings is 1. The number of pyridine rings is 1. The van der Waals surface area contributed by atoms with Crippen molar-refractivity contribution >= 4 is 16.9 Å². The van der Waals surface area contributed by atoms with Crippen molar-refractivity contribution in [2.75, 3.05) is 26.2 Å². The number of aromatic nitrogens is 1. The lowest BCUT2D eigenvalue weighted by Gasteiger charge is -2.29. The fraction of sp³-hybridized carbons (Fsp3) is 0.583. The van der Waals surface area contributed by atoms with E-state index in [4.69, 9.17) is 4.74 Å². The molecule has 2 atom stereocenters. The van der Waals surface area contributed by atoms with Crippen LogP contribution in [-0.2, 0) is 4.74 Å². The molecule has 1 aromatic heterocycles. The number of nitrogens with zero attached hydrogens (tertiary/aromatic N) is 2. The van der Waals surface area contributed by atoms with Gasteiger partial charge in [-0.25, -0.2) is 4.79 Å². The number of para-hydroxylation sites is 1. The predicted octanol–water partition coefficient (Wildman–Crippen LogP) is 4.10. The maximum absolute atomic E-state index is 13.1. The van der Waals surface area contributed by atoms with Gasteiger partial charge in [-0.3, -0.25) is 9.69 Å². The van der Waals surface area contributed by atoms with Gasteiger partial charge >= 0.3 is 5.97 Å². The maximum atomic E-state index is 13.1. The van der Waals surface area contributed by atoms with Gasteiger partial charge in [-0.2, -0.15) is 0 Å². The lowest BCUT2D eigenvalue weighted by atomic mass is 9.82. The second kappa shape index (κ2) is 7.60. The molecule has 2 aromatic rings. The van der Waals surface area contributed by atoms with E-state index in [1.165, 1.54) is 31.2 Å². The van der Waals surface area contributed by atoms with E-state index in [2.05, 4.69) is 22.5 Å². The Morgan fingerprint density at radius 1 is 1.14 bits per heavy atom. The Kier molecular flexibility index (Phi) is 4.94. The zero-order chi connectivity index (χ0) is 20.0. The van der Waals surface area contributed by atoms with E-state index in [0.29, 0.717) is 24.0 Å². The number of esters is 1. The van der Waals surface area contributed by atoms with Crippen LogP contribution in [0.1, 0.15) is 73.3 Å². The zero-order valence-corrected chi connectivity index (χ0v) is 17.2. The van der Waals surface area contributed by atoms with Gasteiger partial charge in [-0.15, -0.1) is 0 Å². The van der Waals surface area contributed by atoms with Crippen LogP contribution >= 0.6 is 0 Å². The molecule has 5 heteroatoms. The monoisotopic (exact) mass is 394 g/mol. The first-order valence-electron chi connectivity index (χ1n) is 11.2. The molecule has 2 unspecified atom stereocenters. The third-order valence-electron chi connectivity index (χ3n) is 7.31. The molecule has 0 radical (unpaired) electrons. The summed E-state index contributed by atoms with van der Waals surface area (Å²) in [6.07, 6.45) is 8.90. The zero-order valence-electron chi connectivity index (χ0n) is 17.2. The number of carbonyl (C=O) groups excluding carboxylic acids is 1. The molecular formula is C24H30N2O3. The average Bonchev–Trinajstić information content (AvgIpc) is 3.07. The van der Waals surface area contributed by atoms with Gasteiger partial charge in [0.25, 0.3) is 0 Å². The summed E-state index contributed by atoms with van der Waals surface area (Å²) in [6, 6.07) is 6.35. The molecule has 0 bridgehead atoms. The van der Waals surface area contributed by atoms with E-state index < -0.39 is 5.97 Å². The molecule has 0 spiro atoms. The van der Waals surface area contributed by atoms with Gasteiger partial charge in [-0.1, -0.05) is 31.9 Å². The van der Waals surface area contributed by atoms with Crippen LogP contribution < -0.4 is 5.43 Å². The Labute approximate surface area is 171 Å². The minimum atomic E-state index is -0.476. The molecule has 5 rings (SSSR count). The molecule has 1 saturated carbocycles. The third kappa shape index (κ3) is 3.29. The lowest BCUT2D eigenvalue weighted by molar-refractivity contribution is 0.0440. The lowest BCUT2D eigenvalue weighted by Crippen LogP contribution is -2.35. The summed E-state index contributed by atoms with van der Waals surface area (Å²) < 4.78 is 7.75. The molecule has 2 aliphatic heterocycles. The molecule has 3 heterocycles. The molecule has 0 N–H and O–H groups in total. The SMILES string of the molecule is CC1CCN(CCOC(=O)c2cn3c4c(cccc4c2=O)C2CCCCC23)CC1. The standard InChI is InChI=1S/C24H30N2O3/c1-16-9-11-25(12-10-16)13-14-29-24(28)20-15-26-21-8-3-2-5-17(21)18-6-4-7-19(22(18)26)23(20)27/h4,6-7,15-17,21H,2-3,5,8-14H2,1H3. The number of hydrogen-bond donors (Lipinski definition) is 0. The Morgan fingerprint density at radius 2 is 1.93 bits per heavy atom. The maximum Gasteiger partial charge on any atom is 0.343 e.